The molecule has 0 aromatic heterocycles. The van der Waals surface area contributed by atoms with E-state index in [1.54, 1.807) is 0 Å². The van der Waals surface area contributed by atoms with Gasteiger partial charge in [-0.3, -0.25) is 9.59 Å². The van der Waals surface area contributed by atoms with Crippen molar-refractivity contribution >= 4 is 11.8 Å². The molecular weight excluding hydrogens is 260 g/mol. The third-order valence-electron chi connectivity index (χ3n) is 3.62. The molecule has 0 aromatic carbocycles. The van der Waals surface area contributed by atoms with Crippen LogP contribution in [0.5, 0.6) is 0 Å². The molecule has 2 N–H and O–H groups in total. The molecule has 0 unspecified atom stereocenters. The Morgan fingerprint density at radius 3 is 2.45 bits per heavy atom. The first-order valence-corrected chi connectivity index (χ1v) is 7.41. The monoisotopic (exact) mass is 288 g/mol. The van der Waals surface area contributed by atoms with Crippen molar-refractivity contribution in [2.24, 2.45) is 11.8 Å². The Kier molecular flexibility index (Phi) is 11.3. The highest BCUT2D eigenvalue weighted by atomic mass is 16.5. The number of carbonyl (C=O) groups excluding carboxylic acids is 2. The van der Waals surface area contributed by atoms with E-state index in [1.807, 2.05) is 0 Å². The van der Waals surface area contributed by atoms with Gasteiger partial charge in [0, 0.05) is 18.8 Å². The van der Waals surface area contributed by atoms with Crippen molar-refractivity contribution < 1.29 is 24.5 Å². The third kappa shape index (κ3) is 7.60. The second-order valence-electron chi connectivity index (χ2n) is 5.09. The standard InChI is InChI=1S/C13H22O3.C2H6O2/c1-3-4-5-6-11-10(7-8-12(11)14)9-13(15)16-2;3-1-2-4/h10-11H,3-9H2,1-2H3;3-4H,1-2H2/t10-,11+;/m0./s1. The van der Waals surface area contributed by atoms with E-state index in [0.29, 0.717) is 18.6 Å². The number of hydrogen-bond donors (Lipinski definition) is 2. The summed E-state index contributed by atoms with van der Waals surface area (Å²) in [5.74, 6) is 0.521. The molecule has 118 valence electrons. The molecule has 1 fully saturated rings. The van der Waals surface area contributed by atoms with E-state index < -0.39 is 0 Å². The molecule has 5 nitrogen and oxygen atoms in total. The van der Waals surface area contributed by atoms with Crippen molar-refractivity contribution in [1.82, 2.24) is 0 Å². The minimum absolute atomic E-state index is 0.116. The lowest BCUT2D eigenvalue weighted by Crippen LogP contribution is -2.18. The quantitative estimate of drug-likeness (QED) is 0.550. The smallest absolute Gasteiger partial charge is 0.305 e. The fraction of sp³-hybridized carbons (Fsp3) is 0.867. The van der Waals surface area contributed by atoms with E-state index in [1.165, 1.54) is 20.0 Å². The zero-order chi connectivity index (χ0) is 15.4. The van der Waals surface area contributed by atoms with E-state index in [2.05, 4.69) is 11.7 Å². The summed E-state index contributed by atoms with van der Waals surface area (Å²) in [6.07, 6.45) is 6.33. The van der Waals surface area contributed by atoms with Crippen LogP contribution in [0.2, 0.25) is 0 Å². The maximum Gasteiger partial charge on any atom is 0.305 e. The van der Waals surface area contributed by atoms with Gasteiger partial charge in [-0.1, -0.05) is 26.2 Å². The van der Waals surface area contributed by atoms with Crippen LogP contribution >= 0.6 is 0 Å². The average Bonchev–Trinajstić information content (AvgIpc) is 2.80. The van der Waals surface area contributed by atoms with Gasteiger partial charge in [0.2, 0.25) is 0 Å². The van der Waals surface area contributed by atoms with Gasteiger partial charge in [0.15, 0.2) is 0 Å². The van der Waals surface area contributed by atoms with Gasteiger partial charge in [0.1, 0.15) is 5.78 Å². The van der Waals surface area contributed by atoms with Gasteiger partial charge in [-0.05, 0) is 18.8 Å². The molecule has 0 aromatic rings. The van der Waals surface area contributed by atoms with Gasteiger partial charge >= 0.3 is 5.97 Å². The normalized spacial score (nSPS) is 21.3. The number of Topliss-reactive ketones (excluding diaryl/α,β-unsaturated/α-hetero) is 1. The molecule has 2 atom stereocenters. The Balaban J connectivity index is 0.000000796. The number of hydrogen-bond acceptors (Lipinski definition) is 5. The minimum atomic E-state index is -0.180. The first-order valence-electron chi connectivity index (χ1n) is 7.41. The molecule has 0 heterocycles. The highest BCUT2D eigenvalue weighted by Crippen LogP contribution is 2.35. The molecule has 0 spiro atoms. The fourth-order valence-electron chi connectivity index (χ4n) is 2.53. The van der Waals surface area contributed by atoms with Crippen molar-refractivity contribution in [1.29, 1.82) is 0 Å². The van der Waals surface area contributed by atoms with Crippen molar-refractivity contribution in [3.8, 4) is 0 Å². The van der Waals surface area contributed by atoms with Gasteiger partial charge in [-0.2, -0.15) is 0 Å². The first kappa shape index (κ1) is 19.1. The Bertz CT molecular complexity index is 275. The van der Waals surface area contributed by atoms with E-state index in [0.717, 1.165) is 19.3 Å². The van der Waals surface area contributed by atoms with Crippen LogP contribution in [0.25, 0.3) is 0 Å². The highest BCUT2D eigenvalue weighted by Gasteiger charge is 2.35. The highest BCUT2D eigenvalue weighted by molar-refractivity contribution is 5.84. The van der Waals surface area contributed by atoms with Crippen LogP contribution in [0.4, 0.5) is 0 Å². The predicted molar refractivity (Wildman–Crippen MR) is 76.2 cm³/mol. The molecule has 5 heteroatoms. The molecule has 0 bridgehead atoms. The number of rotatable bonds is 7. The molecule has 0 saturated heterocycles. The zero-order valence-electron chi connectivity index (χ0n) is 12.6. The summed E-state index contributed by atoms with van der Waals surface area (Å²) in [5.41, 5.74) is 0. The maximum absolute atomic E-state index is 11.7. The maximum atomic E-state index is 11.7. The number of unbranched alkanes of at least 4 members (excludes halogenated alkanes) is 2. The SMILES string of the molecule is CCCCC[C@H]1C(=O)CC[C@H]1CC(=O)OC.OCCO. The number of aliphatic hydroxyl groups is 2. The average molecular weight is 288 g/mol. The lowest BCUT2D eigenvalue weighted by Gasteiger charge is -2.16. The summed E-state index contributed by atoms with van der Waals surface area (Å²) >= 11 is 0. The number of aliphatic hydroxyl groups excluding tert-OH is 2. The lowest BCUT2D eigenvalue weighted by molar-refractivity contribution is -0.142. The van der Waals surface area contributed by atoms with Crippen LogP contribution in [0, 0.1) is 11.8 Å². The summed E-state index contributed by atoms with van der Waals surface area (Å²) in [5, 5.41) is 15.2. The van der Waals surface area contributed by atoms with Crippen molar-refractivity contribution in [3.63, 3.8) is 0 Å². The molecule has 0 aliphatic heterocycles. The fourth-order valence-corrected chi connectivity index (χ4v) is 2.53. The first-order chi connectivity index (χ1) is 9.60. The molecule has 1 aliphatic carbocycles. The van der Waals surface area contributed by atoms with Gasteiger partial charge in [-0.25, -0.2) is 0 Å². The van der Waals surface area contributed by atoms with Crippen LogP contribution in [-0.2, 0) is 14.3 Å². The van der Waals surface area contributed by atoms with Gasteiger partial charge in [0.25, 0.3) is 0 Å². The van der Waals surface area contributed by atoms with Crippen LogP contribution in [0.3, 0.4) is 0 Å². The van der Waals surface area contributed by atoms with E-state index in [9.17, 15) is 9.59 Å². The van der Waals surface area contributed by atoms with Crippen LogP contribution < -0.4 is 0 Å². The van der Waals surface area contributed by atoms with Crippen LogP contribution in [0.1, 0.15) is 51.9 Å². The number of ether oxygens (including phenoxy) is 1. The van der Waals surface area contributed by atoms with E-state index >= 15 is 0 Å². The van der Waals surface area contributed by atoms with Crippen LogP contribution in [-0.4, -0.2) is 42.3 Å². The summed E-state index contributed by atoms with van der Waals surface area (Å²) in [6.45, 7) is 1.91. The number of esters is 1. The van der Waals surface area contributed by atoms with Crippen molar-refractivity contribution in [3.05, 3.63) is 0 Å². The Labute approximate surface area is 121 Å². The minimum Gasteiger partial charge on any atom is -0.469 e. The molecular formula is C15H28O5. The summed E-state index contributed by atoms with van der Waals surface area (Å²) in [6, 6.07) is 0. The third-order valence-corrected chi connectivity index (χ3v) is 3.62. The molecule has 0 amide bonds. The number of carbonyl (C=O) groups is 2. The van der Waals surface area contributed by atoms with E-state index in [4.69, 9.17) is 10.2 Å². The lowest BCUT2D eigenvalue weighted by atomic mass is 9.88. The number of methoxy groups -OCH3 is 1. The summed E-state index contributed by atoms with van der Waals surface area (Å²) in [4.78, 5) is 22.9. The topological polar surface area (TPSA) is 83.8 Å². The zero-order valence-corrected chi connectivity index (χ0v) is 12.6. The van der Waals surface area contributed by atoms with Gasteiger partial charge in [0.05, 0.1) is 20.3 Å². The second kappa shape index (κ2) is 11.9. The molecule has 1 aliphatic rings. The largest absolute Gasteiger partial charge is 0.469 e. The number of ketones is 1. The van der Waals surface area contributed by atoms with Gasteiger partial charge in [-0.15, -0.1) is 0 Å². The summed E-state index contributed by atoms with van der Waals surface area (Å²) in [7, 11) is 1.41. The van der Waals surface area contributed by atoms with Crippen molar-refractivity contribution in [2.45, 2.75) is 51.9 Å². The molecule has 1 rings (SSSR count). The molecule has 0 radical (unpaired) electrons. The van der Waals surface area contributed by atoms with Crippen molar-refractivity contribution in [2.75, 3.05) is 20.3 Å². The Morgan fingerprint density at radius 2 is 1.95 bits per heavy atom. The summed E-state index contributed by atoms with van der Waals surface area (Å²) < 4.78 is 4.67. The Hall–Kier alpha value is -0.940. The molecule has 1 saturated carbocycles. The Morgan fingerprint density at radius 1 is 1.30 bits per heavy atom. The van der Waals surface area contributed by atoms with Crippen LogP contribution in [0.15, 0.2) is 0 Å². The predicted octanol–water partition coefficient (Wildman–Crippen LogP) is 1.70. The van der Waals surface area contributed by atoms with E-state index in [-0.39, 0.29) is 31.0 Å². The van der Waals surface area contributed by atoms with Gasteiger partial charge < -0.3 is 14.9 Å². The second-order valence-corrected chi connectivity index (χ2v) is 5.09. The molecule has 20 heavy (non-hydrogen) atoms.